The van der Waals surface area contributed by atoms with Crippen LogP contribution in [0, 0.1) is 0 Å². The van der Waals surface area contributed by atoms with Crippen LogP contribution < -0.4 is 5.73 Å². The van der Waals surface area contributed by atoms with Gasteiger partial charge < -0.3 is 5.73 Å². The molecule has 3 heteroatoms. The van der Waals surface area contributed by atoms with E-state index in [9.17, 15) is 0 Å². The second-order valence-electron chi connectivity index (χ2n) is 5.46. The number of rotatable bonds is 4. The highest BCUT2D eigenvalue weighted by Gasteiger charge is 2.29. The van der Waals surface area contributed by atoms with Gasteiger partial charge in [0.25, 0.3) is 0 Å². The largest absolute Gasteiger partial charge is 0.330 e. The quantitative estimate of drug-likeness (QED) is 0.782. The van der Waals surface area contributed by atoms with E-state index in [1.165, 1.54) is 58.3 Å². The Morgan fingerprint density at radius 1 is 1.25 bits per heavy atom. The number of fused-ring (bicyclic) bond motifs is 1. The number of hydrogen-bond acceptors (Lipinski definition) is 3. The molecule has 94 valence electrons. The lowest BCUT2D eigenvalue weighted by molar-refractivity contribution is 0.174. The summed E-state index contributed by atoms with van der Waals surface area (Å²) in [5.41, 5.74) is 5.60. The van der Waals surface area contributed by atoms with E-state index in [1.54, 1.807) is 0 Å². The summed E-state index contributed by atoms with van der Waals surface area (Å²) in [4.78, 5) is 5.40. The van der Waals surface area contributed by atoms with E-state index in [-0.39, 0.29) is 0 Å². The van der Waals surface area contributed by atoms with Gasteiger partial charge in [-0.05, 0) is 65.2 Å². The van der Waals surface area contributed by atoms with Gasteiger partial charge >= 0.3 is 0 Å². The molecule has 2 aliphatic rings. The zero-order valence-electron chi connectivity index (χ0n) is 10.7. The molecule has 0 amide bonds. The van der Waals surface area contributed by atoms with Gasteiger partial charge in [0.1, 0.15) is 0 Å². The predicted octanol–water partition coefficient (Wildman–Crippen LogP) is 1.28. The Balaban J connectivity index is 1.84. The molecular formula is C13H27N3. The Hall–Kier alpha value is -0.120. The van der Waals surface area contributed by atoms with Gasteiger partial charge in [-0.3, -0.25) is 9.80 Å². The SMILES string of the molecule is CC(CCCN)N1CCCN2CCCC2C1. The normalized spacial score (nSPS) is 30.0. The van der Waals surface area contributed by atoms with E-state index in [4.69, 9.17) is 5.73 Å². The van der Waals surface area contributed by atoms with Crippen molar-refractivity contribution in [2.24, 2.45) is 5.73 Å². The van der Waals surface area contributed by atoms with Crippen LogP contribution in [0.15, 0.2) is 0 Å². The minimum atomic E-state index is 0.726. The molecular weight excluding hydrogens is 198 g/mol. The molecule has 2 fully saturated rings. The van der Waals surface area contributed by atoms with Crippen LogP contribution in [0.3, 0.4) is 0 Å². The molecule has 0 bridgehead atoms. The van der Waals surface area contributed by atoms with Crippen LogP contribution in [0.2, 0.25) is 0 Å². The van der Waals surface area contributed by atoms with Gasteiger partial charge in [0.2, 0.25) is 0 Å². The Bertz CT molecular complexity index is 207. The van der Waals surface area contributed by atoms with Crippen molar-refractivity contribution in [1.29, 1.82) is 0 Å². The van der Waals surface area contributed by atoms with E-state index < -0.39 is 0 Å². The zero-order chi connectivity index (χ0) is 11.4. The topological polar surface area (TPSA) is 32.5 Å². The average molecular weight is 225 g/mol. The molecule has 16 heavy (non-hydrogen) atoms. The first-order valence-electron chi connectivity index (χ1n) is 6.99. The van der Waals surface area contributed by atoms with Crippen LogP contribution in [0.1, 0.15) is 39.0 Å². The number of hydrogen-bond donors (Lipinski definition) is 1. The Kier molecular flexibility index (Phi) is 4.62. The molecule has 2 heterocycles. The number of nitrogens with two attached hydrogens (primary N) is 1. The van der Waals surface area contributed by atoms with E-state index in [2.05, 4.69) is 16.7 Å². The fourth-order valence-electron chi connectivity index (χ4n) is 3.23. The summed E-state index contributed by atoms with van der Waals surface area (Å²) in [6.07, 6.45) is 6.62. The van der Waals surface area contributed by atoms with Crippen molar-refractivity contribution >= 4 is 0 Å². The first-order valence-corrected chi connectivity index (χ1v) is 6.99. The van der Waals surface area contributed by atoms with Crippen LogP contribution in [-0.4, -0.2) is 54.6 Å². The lowest BCUT2D eigenvalue weighted by Gasteiger charge is -2.30. The van der Waals surface area contributed by atoms with Crippen molar-refractivity contribution < 1.29 is 0 Å². The van der Waals surface area contributed by atoms with E-state index >= 15 is 0 Å². The third-order valence-corrected chi connectivity index (χ3v) is 4.28. The van der Waals surface area contributed by atoms with Gasteiger partial charge in [0, 0.05) is 18.6 Å². The van der Waals surface area contributed by atoms with Crippen LogP contribution >= 0.6 is 0 Å². The van der Waals surface area contributed by atoms with Gasteiger partial charge in [-0.15, -0.1) is 0 Å². The molecule has 0 aromatic rings. The molecule has 3 nitrogen and oxygen atoms in total. The maximum atomic E-state index is 5.60. The minimum absolute atomic E-state index is 0.726. The minimum Gasteiger partial charge on any atom is -0.330 e. The third-order valence-electron chi connectivity index (χ3n) is 4.28. The van der Waals surface area contributed by atoms with Gasteiger partial charge in [0.05, 0.1) is 0 Å². The monoisotopic (exact) mass is 225 g/mol. The molecule has 2 atom stereocenters. The standard InChI is InChI=1S/C13H27N3/c1-12(5-2-7-14)16-10-4-9-15-8-3-6-13(15)11-16/h12-13H,2-11,14H2,1H3. The van der Waals surface area contributed by atoms with Crippen LogP contribution in [0.4, 0.5) is 0 Å². The van der Waals surface area contributed by atoms with Gasteiger partial charge in [0.15, 0.2) is 0 Å². The summed E-state index contributed by atoms with van der Waals surface area (Å²) in [5.74, 6) is 0. The highest BCUT2D eigenvalue weighted by atomic mass is 15.3. The van der Waals surface area contributed by atoms with Crippen LogP contribution in [0.25, 0.3) is 0 Å². The first kappa shape index (κ1) is 12.3. The molecule has 0 spiro atoms. The van der Waals surface area contributed by atoms with Gasteiger partial charge in [-0.1, -0.05) is 0 Å². The zero-order valence-corrected chi connectivity index (χ0v) is 10.7. The van der Waals surface area contributed by atoms with Crippen molar-refractivity contribution in [3.8, 4) is 0 Å². The molecule has 0 aliphatic carbocycles. The second kappa shape index (κ2) is 5.99. The van der Waals surface area contributed by atoms with Crippen LogP contribution in [-0.2, 0) is 0 Å². The highest BCUT2D eigenvalue weighted by molar-refractivity contribution is 4.86. The maximum absolute atomic E-state index is 5.60. The molecule has 0 saturated carbocycles. The fraction of sp³-hybridized carbons (Fsp3) is 1.00. The summed E-state index contributed by atoms with van der Waals surface area (Å²) in [6.45, 7) is 8.47. The van der Waals surface area contributed by atoms with E-state index in [0.717, 1.165) is 18.6 Å². The number of nitrogens with zero attached hydrogens (tertiary/aromatic N) is 2. The maximum Gasteiger partial charge on any atom is 0.0223 e. The molecule has 0 aromatic heterocycles. The van der Waals surface area contributed by atoms with E-state index in [1.807, 2.05) is 0 Å². The Labute approximate surface area is 100.0 Å². The summed E-state index contributed by atoms with van der Waals surface area (Å²) < 4.78 is 0. The van der Waals surface area contributed by atoms with Crippen molar-refractivity contribution in [3.05, 3.63) is 0 Å². The Morgan fingerprint density at radius 2 is 2.06 bits per heavy atom. The molecule has 0 radical (unpaired) electrons. The fourth-order valence-corrected chi connectivity index (χ4v) is 3.23. The lowest BCUT2D eigenvalue weighted by atomic mass is 10.1. The van der Waals surface area contributed by atoms with Crippen molar-refractivity contribution in [2.45, 2.75) is 51.1 Å². The molecule has 2 unspecified atom stereocenters. The van der Waals surface area contributed by atoms with Crippen molar-refractivity contribution in [1.82, 2.24) is 9.80 Å². The van der Waals surface area contributed by atoms with Crippen molar-refractivity contribution in [3.63, 3.8) is 0 Å². The summed E-state index contributed by atoms with van der Waals surface area (Å²) >= 11 is 0. The molecule has 2 aliphatic heterocycles. The first-order chi connectivity index (χ1) is 7.81. The summed E-state index contributed by atoms with van der Waals surface area (Å²) in [5, 5.41) is 0. The molecule has 2 N–H and O–H groups in total. The third kappa shape index (κ3) is 2.96. The summed E-state index contributed by atoms with van der Waals surface area (Å²) in [7, 11) is 0. The van der Waals surface area contributed by atoms with Gasteiger partial charge in [-0.2, -0.15) is 0 Å². The van der Waals surface area contributed by atoms with E-state index in [0.29, 0.717) is 0 Å². The average Bonchev–Trinajstić information content (AvgIpc) is 2.63. The molecule has 2 rings (SSSR count). The lowest BCUT2D eigenvalue weighted by Crippen LogP contribution is -2.40. The molecule has 2 saturated heterocycles. The smallest absolute Gasteiger partial charge is 0.0223 e. The second-order valence-corrected chi connectivity index (χ2v) is 5.46. The van der Waals surface area contributed by atoms with Crippen LogP contribution in [0.5, 0.6) is 0 Å². The Morgan fingerprint density at radius 3 is 2.88 bits per heavy atom. The summed E-state index contributed by atoms with van der Waals surface area (Å²) in [6, 6.07) is 1.58. The predicted molar refractivity (Wildman–Crippen MR) is 68.5 cm³/mol. The van der Waals surface area contributed by atoms with Crippen molar-refractivity contribution in [2.75, 3.05) is 32.7 Å². The highest BCUT2D eigenvalue weighted by Crippen LogP contribution is 2.23. The molecule has 0 aromatic carbocycles. The van der Waals surface area contributed by atoms with Gasteiger partial charge in [-0.25, -0.2) is 0 Å².